The Morgan fingerprint density at radius 2 is 2.02 bits per heavy atom. The van der Waals surface area contributed by atoms with Gasteiger partial charge in [0.25, 0.3) is 11.8 Å². The molecule has 3 fully saturated rings. The van der Waals surface area contributed by atoms with Gasteiger partial charge in [-0.2, -0.15) is 0 Å². The molecule has 0 radical (unpaired) electrons. The van der Waals surface area contributed by atoms with Gasteiger partial charge in [-0.05, 0) is 90.3 Å². The molecule has 2 aliphatic carbocycles. The van der Waals surface area contributed by atoms with Crippen LogP contribution in [0.4, 0.5) is 0 Å². The number of carbonyl (C=O) groups excluding carboxylic acids is 3. The van der Waals surface area contributed by atoms with E-state index in [4.69, 9.17) is 9.47 Å². The summed E-state index contributed by atoms with van der Waals surface area (Å²) in [6, 6.07) is 3.76. The van der Waals surface area contributed by atoms with Crippen LogP contribution in [0, 0.1) is 12.8 Å². The van der Waals surface area contributed by atoms with Gasteiger partial charge >= 0.3 is 0 Å². The SMILES string of the molecule is Cc1c(O)ccc2c(O[C@@H]3C[C@H]4C(=O)N[C@]5(C(=O)NSC6(C)CC6)CC5/C=C\CCCCC[C@H]([NH3+])C(=O)N4C3)cc(OC(C)C)nc12. The number of aromatic nitrogens is 1. The summed E-state index contributed by atoms with van der Waals surface area (Å²) < 4.78 is 15.6. The summed E-state index contributed by atoms with van der Waals surface area (Å²) >= 11 is 1.44. The van der Waals surface area contributed by atoms with Crippen LogP contribution in [0.25, 0.3) is 10.9 Å². The number of pyridine rings is 1. The fourth-order valence-electron chi connectivity index (χ4n) is 6.59. The van der Waals surface area contributed by atoms with E-state index < -0.39 is 23.7 Å². The second-order valence-electron chi connectivity index (χ2n) is 14.2. The van der Waals surface area contributed by atoms with E-state index in [2.05, 4.69) is 39.8 Å². The molecule has 6 N–H and O–H groups in total. The number of quaternary nitrogens is 1. The van der Waals surface area contributed by atoms with E-state index in [0.29, 0.717) is 40.9 Å². The zero-order chi connectivity index (χ0) is 33.5. The van der Waals surface area contributed by atoms with Gasteiger partial charge in [0, 0.05) is 40.5 Å². The summed E-state index contributed by atoms with van der Waals surface area (Å²) in [5.74, 6) is 0.124. The number of rotatable bonds is 7. The van der Waals surface area contributed by atoms with E-state index in [1.807, 2.05) is 13.8 Å². The minimum atomic E-state index is -1.05. The Labute approximate surface area is 280 Å². The third kappa shape index (κ3) is 7.18. The number of ether oxygens (including phenoxy) is 2. The molecule has 47 heavy (non-hydrogen) atoms. The van der Waals surface area contributed by atoms with E-state index in [0.717, 1.165) is 38.5 Å². The van der Waals surface area contributed by atoms with Crippen molar-refractivity contribution >= 4 is 40.6 Å². The Hall–Kier alpha value is -3.51. The molecular formula is C35H48N5O6S+. The highest BCUT2D eigenvalue weighted by atomic mass is 32.2. The molecule has 0 spiro atoms. The molecule has 12 heteroatoms. The number of phenolic OH excluding ortho intramolecular Hbond substituents is 1. The molecule has 6 rings (SSSR count). The van der Waals surface area contributed by atoms with Crippen LogP contribution in [-0.2, 0) is 14.4 Å². The Bertz CT molecular complexity index is 1580. The predicted molar refractivity (Wildman–Crippen MR) is 180 cm³/mol. The van der Waals surface area contributed by atoms with Gasteiger partial charge in [-0.25, -0.2) is 4.98 Å². The number of nitrogens with zero attached hydrogens (tertiary/aromatic N) is 2. The van der Waals surface area contributed by atoms with Crippen LogP contribution in [0.2, 0.25) is 0 Å². The molecular weight excluding hydrogens is 618 g/mol. The third-order valence-corrected chi connectivity index (χ3v) is 11.1. The number of fused-ring (bicyclic) bond motifs is 3. The Kier molecular flexibility index (Phi) is 9.37. The first-order chi connectivity index (χ1) is 22.4. The molecule has 0 bridgehead atoms. The van der Waals surface area contributed by atoms with Crippen LogP contribution in [0.15, 0.2) is 30.4 Å². The third-order valence-electron chi connectivity index (χ3n) is 9.89. The summed E-state index contributed by atoms with van der Waals surface area (Å²) in [4.78, 5) is 47.9. The summed E-state index contributed by atoms with van der Waals surface area (Å²) in [6.07, 6.45) is 10.8. The normalized spacial score (nSPS) is 29.6. The molecule has 1 aromatic carbocycles. The summed E-state index contributed by atoms with van der Waals surface area (Å²) in [5, 5.41) is 14.2. The van der Waals surface area contributed by atoms with Crippen molar-refractivity contribution in [1.82, 2.24) is 19.9 Å². The number of nitrogens with one attached hydrogen (secondary N) is 2. The monoisotopic (exact) mass is 666 g/mol. The van der Waals surface area contributed by atoms with Gasteiger partial charge in [0.2, 0.25) is 11.8 Å². The van der Waals surface area contributed by atoms with Gasteiger partial charge in [-0.15, -0.1) is 0 Å². The number of hydrogen-bond donors (Lipinski definition) is 4. The number of benzene rings is 1. The highest BCUT2D eigenvalue weighted by Crippen LogP contribution is 2.49. The van der Waals surface area contributed by atoms with Gasteiger partial charge in [0.05, 0.1) is 18.2 Å². The lowest BCUT2D eigenvalue weighted by Crippen LogP contribution is -2.69. The molecule has 254 valence electrons. The highest BCUT2D eigenvalue weighted by Gasteiger charge is 2.61. The minimum absolute atomic E-state index is 0.0488. The van der Waals surface area contributed by atoms with Crippen molar-refractivity contribution < 1.29 is 34.7 Å². The molecule has 5 atom stereocenters. The van der Waals surface area contributed by atoms with E-state index in [9.17, 15) is 19.5 Å². The molecule has 11 nitrogen and oxygen atoms in total. The summed E-state index contributed by atoms with van der Waals surface area (Å²) in [6.45, 7) is 7.91. The minimum Gasteiger partial charge on any atom is -0.508 e. The Morgan fingerprint density at radius 3 is 2.77 bits per heavy atom. The van der Waals surface area contributed by atoms with Gasteiger partial charge in [-0.3, -0.25) is 19.1 Å². The lowest BCUT2D eigenvalue weighted by Gasteiger charge is -2.27. The number of aromatic hydroxyl groups is 1. The number of amides is 3. The van der Waals surface area contributed by atoms with Gasteiger partial charge in [-0.1, -0.05) is 18.6 Å². The topological polar surface area (TPSA) is 158 Å². The maximum atomic E-state index is 14.2. The average molecular weight is 667 g/mol. The largest absolute Gasteiger partial charge is 0.508 e. The van der Waals surface area contributed by atoms with Crippen molar-refractivity contribution in [3.05, 3.63) is 35.9 Å². The van der Waals surface area contributed by atoms with E-state index >= 15 is 0 Å². The molecule has 1 aromatic heterocycles. The maximum Gasteiger partial charge on any atom is 0.281 e. The number of carbonyl (C=O) groups is 3. The zero-order valence-electron chi connectivity index (χ0n) is 27.8. The molecule has 2 saturated carbocycles. The Morgan fingerprint density at radius 1 is 1.23 bits per heavy atom. The molecule has 3 heterocycles. The second-order valence-corrected chi connectivity index (χ2v) is 15.6. The van der Waals surface area contributed by atoms with Crippen molar-refractivity contribution in [2.45, 2.75) is 120 Å². The zero-order valence-corrected chi connectivity index (χ0v) is 28.7. The van der Waals surface area contributed by atoms with Crippen LogP contribution in [0.5, 0.6) is 17.4 Å². The van der Waals surface area contributed by atoms with Crippen molar-refractivity contribution in [1.29, 1.82) is 0 Å². The molecule has 3 amide bonds. The fraction of sp³-hybridized carbons (Fsp3) is 0.600. The molecule has 1 unspecified atom stereocenters. The first kappa shape index (κ1) is 33.4. The van der Waals surface area contributed by atoms with E-state index in [1.165, 1.54) is 11.9 Å². The van der Waals surface area contributed by atoms with E-state index in [1.54, 1.807) is 30.0 Å². The Balaban J connectivity index is 1.28. The van der Waals surface area contributed by atoms with Crippen LogP contribution in [0.3, 0.4) is 0 Å². The maximum absolute atomic E-state index is 14.2. The predicted octanol–water partition coefficient (Wildman–Crippen LogP) is 3.71. The fourth-order valence-corrected chi connectivity index (χ4v) is 7.42. The lowest BCUT2D eigenvalue weighted by molar-refractivity contribution is -0.407. The molecule has 1 saturated heterocycles. The van der Waals surface area contributed by atoms with Crippen molar-refractivity contribution in [2.75, 3.05) is 6.54 Å². The van der Waals surface area contributed by atoms with Gasteiger partial charge in [0.15, 0.2) is 6.04 Å². The number of phenols is 1. The van der Waals surface area contributed by atoms with Crippen LogP contribution in [0.1, 0.15) is 84.1 Å². The lowest BCUT2D eigenvalue weighted by atomic mass is 10.1. The average Bonchev–Trinajstić information content (AvgIpc) is 3.89. The van der Waals surface area contributed by atoms with Crippen LogP contribution in [-0.4, -0.2) is 73.8 Å². The summed E-state index contributed by atoms with van der Waals surface area (Å²) in [7, 11) is 0. The van der Waals surface area contributed by atoms with Crippen LogP contribution >= 0.6 is 11.9 Å². The van der Waals surface area contributed by atoms with Gasteiger partial charge < -0.3 is 30.5 Å². The second kappa shape index (κ2) is 13.2. The summed E-state index contributed by atoms with van der Waals surface area (Å²) in [5.41, 5.74) is 4.29. The van der Waals surface area contributed by atoms with Crippen molar-refractivity contribution in [2.24, 2.45) is 5.92 Å². The first-order valence-electron chi connectivity index (χ1n) is 17.0. The number of aryl methyl sites for hydroxylation is 1. The van der Waals surface area contributed by atoms with Gasteiger partial charge in [0.1, 0.15) is 29.2 Å². The molecule has 2 aliphatic heterocycles. The van der Waals surface area contributed by atoms with Crippen molar-refractivity contribution in [3.8, 4) is 17.4 Å². The number of allylic oxidation sites excluding steroid dienone is 1. The first-order valence-corrected chi connectivity index (χ1v) is 17.8. The standard InChI is InChI=1S/C35H47N5O6S/c1-20(2)45-29-17-28(24-12-13-27(41)21(3)30(24)37-29)46-23-16-26-31(42)38-35(33(44)39-47-34(4)14-15-34)18-22(35)10-8-6-5-7-9-11-25(36)32(43)40(26)19-23/h8,10,12-13,17,20,22-23,25-26,41H,5-7,9,11,14-16,18-19,36H2,1-4H3,(H,38,42)(H,39,44)/p+1/b10-8-/t22?,23-,25+,26+,35-/m1/s1. The highest BCUT2D eigenvalue weighted by molar-refractivity contribution is 7.99. The smallest absolute Gasteiger partial charge is 0.281 e. The quantitative estimate of drug-likeness (QED) is 0.257. The number of hydrogen-bond acceptors (Lipinski definition) is 8. The van der Waals surface area contributed by atoms with E-state index in [-0.39, 0.29) is 53.2 Å². The van der Waals surface area contributed by atoms with Crippen molar-refractivity contribution in [3.63, 3.8) is 0 Å². The molecule has 4 aliphatic rings. The van der Waals surface area contributed by atoms with Crippen LogP contribution < -0.4 is 25.2 Å². The molecule has 2 aromatic rings.